The number of nitrogens with two attached hydrogens (primary N) is 1. The minimum absolute atomic E-state index is 0.707. The molecule has 0 amide bonds. The summed E-state index contributed by atoms with van der Waals surface area (Å²) >= 11 is 0. The number of nitrogen functional groups attached to an aromatic ring is 1. The Morgan fingerprint density at radius 1 is 1.05 bits per heavy atom. The highest BCUT2D eigenvalue weighted by molar-refractivity contribution is 5.97. The summed E-state index contributed by atoms with van der Waals surface area (Å²) in [4.78, 5) is 8.45. The van der Waals surface area contributed by atoms with Crippen molar-refractivity contribution < 1.29 is 0 Å². The highest BCUT2D eigenvalue weighted by Gasteiger charge is 2.03. The van der Waals surface area contributed by atoms with Crippen LogP contribution >= 0.6 is 0 Å². The topological polar surface area (TPSA) is 63.8 Å². The summed E-state index contributed by atoms with van der Waals surface area (Å²) in [5, 5.41) is 4.49. The van der Waals surface area contributed by atoms with E-state index in [1.165, 1.54) is 5.56 Å². The third-order valence-electron chi connectivity index (χ3n) is 3.25. The normalized spacial score (nSPS) is 10.6. The number of aromatic nitrogens is 2. The van der Waals surface area contributed by atoms with Crippen LogP contribution in [0.5, 0.6) is 0 Å². The molecule has 0 bridgehead atoms. The number of hydrogen-bond acceptors (Lipinski definition) is 4. The van der Waals surface area contributed by atoms with Crippen molar-refractivity contribution in [3.8, 4) is 0 Å². The first-order valence-corrected chi connectivity index (χ1v) is 6.60. The van der Waals surface area contributed by atoms with Gasteiger partial charge in [-0.15, -0.1) is 0 Å². The first kappa shape index (κ1) is 12.4. The molecule has 20 heavy (non-hydrogen) atoms. The Morgan fingerprint density at radius 2 is 2.00 bits per heavy atom. The molecule has 2 heterocycles. The largest absolute Gasteiger partial charge is 0.397 e. The van der Waals surface area contributed by atoms with Crippen molar-refractivity contribution in [1.29, 1.82) is 0 Å². The van der Waals surface area contributed by atoms with Crippen molar-refractivity contribution >= 4 is 22.3 Å². The van der Waals surface area contributed by atoms with Crippen LogP contribution in [0, 0.1) is 0 Å². The van der Waals surface area contributed by atoms with E-state index in [-0.39, 0.29) is 0 Å². The summed E-state index contributed by atoms with van der Waals surface area (Å²) in [6, 6.07) is 11.9. The Kier molecular flexibility index (Phi) is 3.46. The highest BCUT2D eigenvalue weighted by Crippen LogP contribution is 2.25. The van der Waals surface area contributed by atoms with Gasteiger partial charge in [0, 0.05) is 36.2 Å². The maximum Gasteiger partial charge on any atom is 0.0951 e. The van der Waals surface area contributed by atoms with Gasteiger partial charge in [0.1, 0.15) is 0 Å². The van der Waals surface area contributed by atoms with Gasteiger partial charge in [0.15, 0.2) is 0 Å². The fraction of sp³-hybridized carbons (Fsp3) is 0.125. The van der Waals surface area contributed by atoms with Gasteiger partial charge in [0.2, 0.25) is 0 Å². The van der Waals surface area contributed by atoms with Gasteiger partial charge in [-0.05, 0) is 30.2 Å². The molecule has 0 aliphatic rings. The molecule has 4 nitrogen and oxygen atoms in total. The lowest BCUT2D eigenvalue weighted by Gasteiger charge is -2.10. The van der Waals surface area contributed by atoms with E-state index in [1.54, 1.807) is 12.4 Å². The molecule has 0 saturated heterocycles. The number of fused-ring (bicyclic) bond motifs is 1. The minimum atomic E-state index is 0.707. The van der Waals surface area contributed by atoms with E-state index in [0.29, 0.717) is 5.69 Å². The molecule has 100 valence electrons. The first-order chi connectivity index (χ1) is 9.84. The van der Waals surface area contributed by atoms with Gasteiger partial charge in [-0.3, -0.25) is 9.97 Å². The van der Waals surface area contributed by atoms with Crippen LogP contribution in [0.3, 0.4) is 0 Å². The quantitative estimate of drug-likeness (QED) is 0.711. The maximum absolute atomic E-state index is 5.95. The average Bonchev–Trinajstić information content (AvgIpc) is 2.49. The van der Waals surface area contributed by atoms with Crippen LogP contribution in [0.4, 0.5) is 11.4 Å². The molecule has 3 rings (SSSR count). The summed E-state index contributed by atoms with van der Waals surface area (Å²) in [5.74, 6) is 0. The molecule has 0 fully saturated rings. The fourth-order valence-electron chi connectivity index (χ4n) is 2.24. The molecule has 3 aromatic rings. The third kappa shape index (κ3) is 2.54. The molecular weight excluding hydrogens is 248 g/mol. The Labute approximate surface area is 117 Å². The van der Waals surface area contributed by atoms with Crippen LogP contribution in [-0.4, -0.2) is 16.5 Å². The van der Waals surface area contributed by atoms with Crippen molar-refractivity contribution in [1.82, 2.24) is 9.97 Å². The smallest absolute Gasteiger partial charge is 0.0951 e. The monoisotopic (exact) mass is 264 g/mol. The Morgan fingerprint density at radius 3 is 2.85 bits per heavy atom. The molecule has 2 aromatic heterocycles. The number of benzene rings is 1. The van der Waals surface area contributed by atoms with Gasteiger partial charge >= 0.3 is 0 Å². The van der Waals surface area contributed by atoms with Crippen molar-refractivity contribution in [2.75, 3.05) is 17.6 Å². The highest BCUT2D eigenvalue weighted by atomic mass is 14.9. The van der Waals surface area contributed by atoms with E-state index in [0.717, 1.165) is 29.6 Å². The second kappa shape index (κ2) is 5.57. The van der Waals surface area contributed by atoms with E-state index in [4.69, 9.17) is 5.73 Å². The average molecular weight is 264 g/mol. The third-order valence-corrected chi connectivity index (χ3v) is 3.25. The molecule has 1 aromatic carbocycles. The maximum atomic E-state index is 5.95. The Balaban J connectivity index is 1.76. The minimum Gasteiger partial charge on any atom is -0.397 e. The predicted molar refractivity (Wildman–Crippen MR) is 82.6 cm³/mol. The van der Waals surface area contributed by atoms with Crippen molar-refractivity contribution in [3.05, 3.63) is 60.6 Å². The molecule has 0 atom stereocenters. The molecule has 0 saturated carbocycles. The van der Waals surface area contributed by atoms with E-state index in [1.807, 2.05) is 36.5 Å². The van der Waals surface area contributed by atoms with Crippen molar-refractivity contribution in [2.45, 2.75) is 6.42 Å². The van der Waals surface area contributed by atoms with Crippen LogP contribution in [0.15, 0.2) is 55.0 Å². The van der Waals surface area contributed by atoms with E-state index in [9.17, 15) is 0 Å². The van der Waals surface area contributed by atoms with Crippen LogP contribution in [0.1, 0.15) is 5.56 Å². The summed E-state index contributed by atoms with van der Waals surface area (Å²) in [5.41, 5.74) is 9.78. The van der Waals surface area contributed by atoms with E-state index in [2.05, 4.69) is 21.4 Å². The van der Waals surface area contributed by atoms with Crippen molar-refractivity contribution in [3.63, 3.8) is 0 Å². The standard InChI is InChI=1S/C16H16N4/c17-14-5-1-4-13-15(7-10-20-16(13)14)19-9-6-12-3-2-8-18-11-12/h1-5,7-8,10-11H,6,9,17H2,(H,19,20). The molecule has 0 unspecified atom stereocenters. The second-order valence-electron chi connectivity index (χ2n) is 4.64. The molecule has 3 N–H and O–H groups in total. The molecule has 4 heteroatoms. The summed E-state index contributed by atoms with van der Waals surface area (Å²) in [6.45, 7) is 0.847. The number of rotatable bonds is 4. The number of para-hydroxylation sites is 1. The number of hydrogen-bond donors (Lipinski definition) is 2. The lowest BCUT2D eigenvalue weighted by Crippen LogP contribution is -2.06. The van der Waals surface area contributed by atoms with Gasteiger partial charge in [-0.2, -0.15) is 0 Å². The van der Waals surface area contributed by atoms with E-state index >= 15 is 0 Å². The van der Waals surface area contributed by atoms with Gasteiger partial charge in [0.25, 0.3) is 0 Å². The van der Waals surface area contributed by atoms with E-state index < -0.39 is 0 Å². The zero-order chi connectivity index (χ0) is 13.8. The van der Waals surface area contributed by atoms with Crippen LogP contribution in [-0.2, 0) is 6.42 Å². The van der Waals surface area contributed by atoms with Crippen LogP contribution < -0.4 is 11.1 Å². The van der Waals surface area contributed by atoms with Gasteiger partial charge in [0.05, 0.1) is 11.2 Å². The zero-order valence-corrected chi connectivity index (χ0v) is 11.1. The van der Waals surface area contributed by atoms with Gasteiger partial charge in [-0.25, -0.2) is 0 Å². The molecular formula is C16H16N4. The lowest BCUT2D eigenvalue weighted by molar-refractivity contribution is 1.01. The Hall–Kier alpha value is -2.62. The zero-order valence-electron chi connectivity index (χ0n) is 11.1. The molecule has 0 spiro atoms. The van der Waals surface area contributed by atoms with Gasteiger partial charge in [-0.1, -0.05) is 18.2 Å². The van der Waals surface area contributed by atoms with Crippen LogP contribution in [0.25, 0.3) is 10.9 Å². The summed E-state index contributed by atoms with van der Waals surface area (Å²) in [6.07, 6.45) is 6.39. The molecule has 0 radical (unpaired) electrons. The number of pyridine rings is 2. The molecule has 0 aliphatic heterocycles. The lowest BCUT2D eigenvalue weighted by atomic mass is 10.1. The summed E-state index contributed by atoms with van der Waals surface area (Å²) < 4.78 is 0. The number of nitrogens with zero attached hydrogens (tertiary/aromatic N) is 2. The van der Waals surface area contributed by atoms with Gasteiger partial charge < -0.3 is 11.1 Å². The Bertz CT molecular complexity index is 710. The summed E-state index contributed by atoms with van der Waals surface area (Å²) in [7, 11) is 0. The van der Waals surface area contributed by atoms with Crippen LogP contribution in [0.2, 0.25) is 0 Å². The molecule has 0 aliphatic carbocycles. The second-order valence-corrected chi connectivity index (χ2v) is 4.64. The number of anilines is 2. The van der Waals surface area contributed by atoms with Crippen molar-refractivity contribution in [2.24, 2.45) is 0 Å². The number of nitrogens with one attached hydrogen (secondary N) is 1. The predicted octanol–water partition coefficient (Wildman–Crippen LogP) is 2.87. The fourth-order valence-corrected chi connectivity index (χ4v) is 2.24. The first-order valence-electron chi connectivity index (χ1n) is 6.60. The SMILES string of the molecule is Nc1cccc2c(NCCc3cccnc3)ccnc12.